The molecule has 190 valence electrons. The van der Waals surface area contributed by atoms with Gasteiger partial charge in [-0.15, -0.1) is 0 Å². The maximum absolute atomic E-state index is 5.83. The molecule has 0 saturated carbocycles. The van der Waals surface area contributed by atoms with Gasteiger partial charge in [0, 0.05) is 45.8 Å². The molecule has 35 heavy (non-hydrogen) atoms. The molecule has 1 heterocycles. The van der Waals surface area contributed by atoms with Gasteiger partial charge in [-0.1, -0.05) is 52.7 Å². The summed E-state index contributed by atoms with van der Waals surface area (Å²) in [6, 6.07) is 15.5. The van der Waals surface area contributed by atoms with Gasteiger partial charge >= 0.3 is 0 Å². The lowest BCUT2D eigenvalue weighted by Crippen LogP contribution is -2.28. The first-order chi connectivity index (χ1) is 16.8. The molecule has 0 aliphatic carbocycles. The highest BCUT2D eigenvalue weighted by Crippen LogP contribution is 2.48. The third kappa shape index (κ3) is 7.34. The summed E-state index contributed by atoms with van der Waals surface area (Å²) >= 11 is 2.44. The molecule has 2 aromatic carbocycles. The van der Waals surface area contributed by atoms with Gasteiger partial charge in [0.15, 0.2) is 6.21 Å². The normalized spacial score (nSPS) is 15.5. The lowest BCUT2D eigenvalue weighted by Gasteiger charge is -2.26. The third-order valence-corrected chi connectivity index (χ3v) is 7.49. The molecule has 1 aliphatic rings. The fraction of sp³-hybridized carbons (Fsp3) is 0.516. The molecule has 0 unspecified atom stereocenters. The average Bonchev–Trinajstić information content (AvgIpc) is 3.03. The Morgan fingerprint density at radius 1 is 1.00 bits per heavy atom. The van der Waals surface area contributed by atoms with Crippen molar-refractivity contribution in [3.8, 4) is 5.75 Å². The topological polar surface area (TPSA) is 15.5 Å². The smallest absolute Gasteiger partial charge is 0.165 e. The summed E-state index contributed by atoms with van der Waals surface area (Å²) in [7, 11) is 0. The van der Waals surface area contributed by atoms with E-state index in [4.69, 9.17) is 4.74 Å². The van der Waals surface area contributed by atoms with Crippen LogP contribution in [0.3, 0.4) is 0 Å². The first kappa shape index (κ1) is 27.8. The second kappa shape index (κ2) is 12.9. The fourth-order valence-electron chi connectivity index (χ4n) is 4.80. The van der Waals surface area contributed by atoms with Crippen LogP contribution in [0, 0.1) is 3.57 Å². The van der Waals surface area contributed by atoms with Crippen LogP contribution in [-0.2, 0) is 11.8 Å². The Bertz CT molecular complexity index is 1010. The van der Waals surface area contributed by atoms with Crippen LogP contribution in [0.25, 0.3) is 0 Å². The van der Waals surface area contributed by atoms with E-state index >= 15 is 0 Å². The van der Waals surface area contributed by atoms with E-state index in [1.165, 1.54) is 51.8 Å². The predicted octanol–water partition coefficient (Wildman–Crippen LogP) is 7.99. The highest BCUT2D eigenvalue weighted by atomic mass is 127. The van der Waals surface area contributed by atoms with Gasteiger partial charge in [0.2, 0.25) is 0 Å². The van der Waals surface area contributed by atoms with Crippen LogP contribution in [0.15, 0.2) is 54.2 Å². The second-order valence-electron chi connectivity index (χ2n) is 10.4. The zero-order valence-electron chi connectivity index (χ0n) is 22.6. The Hall–Kier alpha value is -1.82. The summed E-state index contributed by atoms with van der Waals surface area (Å²) in [6.45, 7) is 16.7. The third-order valence-electron chi connectivity index (χ3n) is 6.81. The summed E-state index contributed by atoms with van der Waals surface area (Å²) in [5.74, 6) is 0.945. The van der Waals surface area contributed by atoms with Gasteiger partial charge in [-0.2, -0.15) is 0 Å². The van der Waals surface area contributed by atoms with Crippen LogP contribution in [0.1, 0.15) is 78.4 Å². The predicted molar refractivity (Wildman–Crippen MR) is 159 cm³/mol. The molecule has 3 nitrogen and oxygen atoms in total. The van der Waals surface area contributed by atoms with E-state index in [0.717, 1.165) is 31.8 Å². The van der Waals surface area contributed by atoms with E-state index in [-0.39, 0.29) is 11.5 Å². The van der Waals surface area contributed by atoms with Crippen molar-refractivity contribution in [2.45, 2.75) is 85.2 Å². The molecular weight excluding hydrogens is 543 g/mol. The van der Waals surface area contributed by atoms with Crippen LogP contribution in [0.5, 0.6) is 5.75 Å². The summed E-state index contributed by atoms with van der Waals surface area (Å²) in [5.41, 5.74) is 5.49. The van der Waals surface area contributed by atoms with Crippen molar-refractivity contribution in [3.63, 3.8) is 0 Å². The zero-order valence-corrected chi connectivity index (χ0v) is 24.8. The molecule has 0 spiro atoms. The Morgan fingerprint density at radius 2 is 1.66 bits per heavy atom. The maximum atomic E-state index is 5.83. The zero-order chi connectivity index (χ0) is 25.4. The molecule has 3 rings (SSSR count). The van der Waals surface area contributed by atoms with Crippen molar-refractivity contribution in [1.82, 2.24) is 0 Å². The summed E-state index contributed by atoms with van der Waals surface area (Å²) in [4.78, 5) is 2.55. The largest absolute Gasteiger partial charge is 0.491 e. The van der Waals surface area contributed by atoms with Crippen molar-refractivity contribution < 1.29 is 9.31 Å². The standard InChI is InChI=1S/C31H44IN2O/c1-7-9-19-33(20-10-8-2)21-18-30-31(5,6)28-23-26(32)13-16-29(28)34(30)22-17-25-11-14-27(15-12-25)35-24(3)4/h11-16,18,21,23-24H,7-10,17,19-20,22H2,1-6H3/q+1. The van der Waals surface area contributed by atoms with E-state index in [1.807, 2.05) is 0 Å². The number of ether oxygens (including phenoxy) is 1. The van der Waals surface area contributed by atoms with E-state index in [1.54, 1.807) is 0 Å². The molecule has 0 aromatic heterocycles. The lowest BCUT2D eigenvalue weighted by atomic mass is 9.84. The molecule has 0 amide bonds. The molecule has 1 aliphatic heterocycles. The molecule has 4 heteroatoms. The van der Waals surface area contributed by atoms with Gasteiger partial charge in [-0.25, -0.2) is 4.58 Å². The second-order valence-corrected chi connectivity index (χ2v) is 11.7. The SMILES string of the molecule is CCCC[N+](=CC=C1N(CCc2ccc(OC(C)C)cc2)c2ccc(I)cc2C1(C)C)CCCC. The number of hydrogen-bond acceptors (Lipinski definition) is 2. The Morgan fingerprint density at radius 3 is 2.26 bits per heavy atom. The maximum Gasteiger partial charge on any atom is 0.165 e. The van der Waals surface area contributed by atoms with Crippen LogP contribution in [0.4, 0.5) is 5.69 Å². The van der Waals surface area contributed by atoms with Gasteiger partial charge in [-0.05, 0) is 84.3 Å². The van der Waals surface area contributed by atoms with E-state index in [0.29, 0.717) is 0 Å². The summed E-state index contributed by atoms with van der Waals surface area (Å²) < 4.78 is 9.65. The van der Waals surface area contributed by atoms with Crippen LogP contribution >= 0.6 is 22.6 Å². The van der Waals surface area contributed by atoms with Crippen molar-refractivity contribution in [3.05, 3.63) is 68.9 Å². The van der Waals surface area contributed by atoms with Crippen LogP contribution in [0.2, 0.25) is 0 Å². The van der Waals surface area contributed by atoms with Gasteiger partial charge < -0.3 is 9.64 Å². The summed E-state index contributed by atoms with van der Waals surface area (Å²) in [6.07, 6.45) is 10.9. The fourth-order valence-corrected chi connectivity index (χ4v) is 5.29. The minimum atomic E-state index is -0.0246. The molecular formula is C31H44IN2O+. The van der Waals surface area contributed by atoms with Gasteiger partial charge in [0.05, 0.1) is 6.10 Å². The van der Waals surface area contributed by atoms with Gasteiger partial charge in [0.25, 0.3) is 0 Å². The average molecular weight is 588 g/mol. The molecule has 2 aromatic rings. The number of halogens is 1. The minimum absolute atomic E-state index is 0.0246. The van der Waals surface area contributed by atoms with Crippen molar-refractivity contribution in [2.75, 3.05) is 24.5 Å². The molecule has 0 saturated heterocycles. The number of benzene rings is 2. The Kier molecular flexibility index (Phi) is 10.3. The number of rotatable bonds is 12. The molecule has 0 N–H and O–H groups in total. The lowest BCUT2D eigenvalue weighted by molar-refractivity contribution is -0.523. The quantitative estimate of drug-likeness (QED) is 0.142. The van der Waals surface area contributed by atoms with Gasteiger partial charge in [0.1, 0.15) is 18.8 Å². The number of anilines is 1. The highest BCUT2D eigenvalue weighted by molar-refractivity contribution is 14.1. The van der Waals surface area contributed by atoms with Crippen molar-refractivity contribution in [2.24, 2.45) is 0 Å². The monoisotopic (exact) mass is 587 g/mol. The number of hydrogen-bond donors (Lipinski definition) is 0. The van der Waals surface area contributed by atoms with E-state index in [2.05, 4.69) is 128 Å². The molecule has 0 radical (unpaired) electrons. The van der Waals surface area contributed by atoms with Gasteiger partial charge in [-0.3, -0.25) is 0 Å². The Labute approximate surface area is 227 Å². The highest BCUT2D eigenvalue weighted by Gasteiger charge is 2.40. The number of fused-ring (bicyclic) bond motifs is 1. The minimum Gasteiger partial charge on any atom is -0.491 e. The van der Waals surface area contributed by atoms with E-state index in [9.17, 15) is 0 Å². The molecule has 0 bridgehead atoms. The number of unbranched alkanes of at least 4 members (excludes halogenated alkanes) is 2. The van der Waals surface area contributed by atoms with Crippen molar-refractivity contribution in [1.29, 1.82) is 0 Å². The number of nitrogens with zero attached hydrogens (tertiary/aromatic N) is 2. The first-order valence-electron chi connectivity index (χ1n) is 13.4. The first-order valence-corrected chi connectivity index (χ1v) is 14.5. The Balaban J connectivity index is 1.89. The number of allylic oxidation sites excluding steroid dienone is 2. The molecule has 0 atom stereocenters. The van der Waals surface area contributed by atoms with Crippen LogP contribution < -0.4 is 9.64 Å². The summed E-state index contributed by atoms with van der Waals surface area (Å²) in [5, 5.41) is 0. The van der Waals surface area contributed by atoms with E-state index < -0.39 is 0 Å². The van der Waals surface area contributed by atoms with Crippen LogP contribution in [-0.4, -0.2) is 36.5 Å². The van der Waals surface area contributed by atoms with Crippen molar-refractivity contribution >= 4 is 34.5 Å². The molecule has 0 fully saturated rings.